The van der Waals surface area contributed by atoms with Gasteiger partial charge in [-0.25, -0.2) is 4.98 Å². The molecule has 4 heteroatoms. The van der Waals surface area contributed by atoms with Crippen molar-refractivity contribution < 1.29 is 0 Å². The van der Waals surface area contributed by atoms with Gasteiger partial charge in [0.15, 0.2) is 0 Å². The topological polar surface area (TPSA) is 43.2 Å². The van der Waals surface area contributed by atoms with E-state index >= 15 is 0 Å². The second-order valence-electron chi connectivity index (χ2n) is 6.94. The van der Waals surface area contributed by atoms with Crippen LogP contribution >= 0.6 is 0 Å². The lowest BCUT2D eigenvalue weighted by molar-refractivity contribution is 0.138. The van der Waals surface area contributed by atoms with Crippen LogP contribution in [-0.2, 0) is 12.8 Å². The highest BCUT2D eigenvalue weighted by Crippen LogP contribution is 2.29. The van der Waals surface area contributed by atoms with Gasteiger partial charge in [-0.15, -0.1) is 0 Å². The lowest BCUT2D eigenvalue weighted by atomic mass is 9.94. The third kappa shape index (κ3) is 2.63. The van der Waals surface area contributed by atoms with Crippen molar-refractivity contribution in [3.05, 3.63) is 22.9 Å². The molecular weight excluding hydrogens is 260 g/mol. The Bertz CT molecular complexity index is 585. The van der Waals surface area contributed by atoms with Crippen LogP contribution in [0.4, 0.5) is 5.82 Å². The Hall–Kier alpha value is -1.60. The molecule has 21 heavy (non-hydrogen) atoms. The first-order valence-corrected chi connectivity index (χ1v) is 7.90. The smallest absolute Gasteiger partial charge is 0.146 e. The summed E-state index contributed by atoms with van der Waals surface area (Å²) >= 11 is 0. The normalized spacial score (nSPS) is 21.7. The Morgan fingerprint density at radius 1 is 1.24 bits per heavy atom. The zero-order chi connectivity index (χ0) is 15.0. The number of piperazine rings is 1. The number of nitrogens with zero attached hydrogens (tertiary/aromatic N) is 4. The third-order valence-electron chi connectivity index (χ3n) is 5.02. The Kier molecular flexibility index (Phi) is 3.62. The molecule has 0 aromatic carbocycles. The van der Waals surface area contributed by atoms with Gasteiger partial charge in [-0.1, -0.05) is 0 Å². The molecule has 2 heterocycles. The van der Waals surface area contributed by atoms with Crippen molar-refractivity contribution in [2.24, 2.45) is 0 Å². The molecule has 4 nitrogen and oxygen atoms in total. The van der Waals surface area contributed by atoms with Crippen molar-refractivity contribution >= 4 is 5.82 Å². The summed E-state index contributed by atoms with van der Waals surface area (Å²) in [5, 5.41) is 9.51. The molecule has 0 bridgehead atoms. The van der Waals surface area contributed by atoms with E-state index < -0.39 is 0 Å². The molecule has 1 aromatic rings. The molecule has 0 N–H and O–H groups in total. The summed E-state index contributed by atoms with van der Waals surface area (Å²) in [6, 6.07) is 4.45. The molecule has 1 fully saturated rings. The van der Waals surface area contributed by atoms with E-state index in [9.17, 15) is 5.26 Å². The highest BCUT2D eigenvalue weighted by atomic mass is 15.3. The monoisotopic (exact) mass is 284 g/mol. The van der Waals surface area contributed by atoms with Gasteiger partial charge >= 0.3 is 0 Å². The number of rotatable bonds is 1. The first-order valence-electron chi connectivity index (χ1n) is 7.90. The fourth-order valence-electron chi connectivity index (χ4n) is 3.37. The summed E-state index contributed by atoms with van der Waals surface area (Å²) in [7, 11) is 2.17. The summed E-state index contributed by atoms with van der Waals surface area (Å²) in [4.78, 5) is 9.57. The van der Waals surface area contributed by atoms with Crippen molar-refractivity contribution in [1.29, 1.82) is 5.26 Å². The summed E-state index contributed by atoms with van der Waals surface area (Å²) in [5.41, 5.74) is 3.36. The van der Waals surface area contributed by atoms with Gasteiger partial charge < -0.3 is 4.90 Å². The van der Waals surface area contributed by atoms with E-state index in [0.717, 1.165) is 43.9 Å². The van der Waals surface area contributed by atoms with Crippen LogP contribution in [0.1, 0.15) is 43.5 Å². The number of aromatic nitrogens is 1. The van der Waals surface area contributed by atoms with Crippen molar-refractivity contribution in [3.8, 4) is 6.07 Å². The molecule has 1 saturated heterocycles. The predicted octanol–water partition coefficient (Wildman–Crippen LogP) is 2.36. The van der Waals surface area contributed by atoms with Gasteiger partial charge in [0.05, 0.1) is 5.56 Å². The Morgan fingerprint density at radius 3 is 2.71 bits per heavy atom. The zero-order valence-corrected chi connectivity index (χ0v) is 13.3. The number of hydrogen-bond donors (Lipinski definition) is 0. The zero-order valence-electron chi connectivity index (χ0n) is 13.3. The van der Waals surface area contributed by atoms with Gasteiger partial charge in [0.25, 0.3) is 0 Å². The fourth-order valence-corrected chi connectivity index (χ4v) is 3.37. The molecule has 0 unspecified atom stereocenters. The SMILES string of the molecule is CN1CCN(c2nc3c(cc2C#N)CCCC3)CC1(C)C. The molecule has 1 aliphatic heterocycles. The lowest BCUT2D eigenvalue weighted by Gasteiger charge is -2.46. The second kappa shape index (κ2) is 5.31. The summed E-state index contributed by atoms with van der Waals surface area (Å²) in [6.07, 6.45) is 4.58. The van der Waals surface area contributed by atoms with Crippen molar-refractivity contribution in [2.45, 2.75) is 45.1 Å². The number of nitriles is 1. The maximum Gasteiger partial charge on any atom is 0.146 e. The first kappa shape index (κ1) is 14.3. The van der Waals surface area contributed by atoms with Gasteiger partial charge in [0, 0.05) is 30.9 Å². The molecule has 0 spiro atoms. The van der Waals surface area contributed by atoms with Crippen molar-refractivity contribution in [1.82, 2.24) is 9.88 Å². The molecule has 3 rings (SSSR count). The molecule has 1 aliphatic carbocycles. The van der Waals surface area contributed by atoms with E-state index in [4.69, 9.17) is 4.98 Å². The van der Waals surface area contributed by atoms with Crippen molar-refractivity contribution in [2.75, 3.05) is 31.6 Å². The minimum Gasteiger partial charge on any atom is -0.352 e. The van der Waals surface area contributed by atoms with Crippen molar-refractivity contribution in [3.63, 3.8) is 0 Å². The largest absolute Gasteiger partial charge is 0.352 e. The van der Waals surface area contributed by atoms with Crippen LogP contribution in [0.25, 0.3) is 0 Å². The quantitative estimate of drug-likeness (QED) is 0.794. The Morgan fingerprint density at radius 2 is 2.00 bits per heavy atom. The number of hydrogen-bond acceptors (Lipinski definition) is 4. The maximum atomic E-state index is 9.51. The summed E-state index contributed by atoms with van der Waals surface area (Å²) in [6.45, 7) is 7.38. The van der Waals surface area contributed by atoms with Crippen LogP contribution < -0.4 is 4.90 Å². The summed E-state index contributed by atoms with van der Waals surface area (Å²) < 4.78 is 0. The Balaban J connectivity index is 1.96. The minimum absolute atomic E-state index is 0.114. The average Bonchev–Trinajstić information content (AvgIpc) is 2.48. The fraction of sp³-hybridized carbons (Fsp3) is 0.647. The van der Waals surface area contributed by atoms with E-state index in [1.807, 2.05) is 0 Å². The minimum atomic E-state index is 0.114. The van der Waals surface area contributed by atoms with E-state index in [-0.39, 0.29) is 5.54 Å². The van der Waals surface area contributed by atoms with Crippen LogP contribution in [0, 0.1) is 11.3 Å². The highest BCUT2D eigenvalue weighted by molar-refractivity contribution is 5.57. The molecule has 0 radical (unpaired) electrons. The van der Waals surface area contributed by atoms with E-state index in [2.05, 4.69) is 42.8 Å². The number of fused-ring (bicyclic) bond motifs is 1. The second-order valence-corrected chi connectivity index (χ2v) is 6.94. The summed E-state index contributed by atoms with van der Waals surface area (Å²) in [5.74, 6) is 0.902. The van der Waals surface area contributed by atoms with E-state index in [1.54, 1.807) is 0 Å². The lowest BCUT2D eigenvalue weighted by Crippen LogP contribution is -2.58. The number of likely N-dealkylation sites (N-methyl/N-ethyl adjacent to an activating group) is 1. The number of anilines is 1. The van der Waals surface area contributed by atoms with Crippen LogP contribution in [0.5, 0.6) is 0 Å². The predicted molar refractivity (Wildman–Crippen MR) is 84.5 cm³/mol. The van der Waals surface area contributed by atoms with Gasteiger partial charge in [0.1, 0.15) is 11.9 Å². The third-order valence-corrected chi connectivity index (χ3v) is 5.02. The van der Waals surface area contributed by atoms with Gasteiger partial charge in [-0.05, 0) is 58.2 Å². The van der Waals surface area contributed by atoms with Crippen LogP contribution in [0.2, 0.25) is 0 Å². The Labute approximate surface area is 127 Å². The molecule has 0 atom stereocenters. The molecular formula is C17H24N4. The van der Waals surface area contributed by atoms with Crippen LogP contribution in [0.3, 0.4) is 0 Å². The van der Waals surface area contributed by atoms with Gasteiger partial charge in [0.2, 0.25) is 0 Å². The van der Waals surface area contributed by atoms with Crippen LogP contribution in [0.15, 0.2) is 6.07 Å². The molecule has 112 valence electrons. The van der Waals surface area contributed by atoms with E-state index in [1.165, 1.54) is 24.1 Å². The molecule has 1 aromatic heterocycles. The molecule has 0 amide bonds. The first-order chi connectivity index (χ1) is 10.0. The standard InChI is InChI=1S/C17H24N4/c1-17(2)12-21(9-8-20(17)3)16-14(11-18)10-13-6-4-5-7-15(13)19-16/h10H,4-9,12H2,1-3H3. The van der Waals surface area contributed by atoms with Gasteiger partial charge in [-0.3, -0.25) is 4.90 Å². The van der Waals surface area contributed by atoms with Gasteiger partial charge in [-0.2, -0.15) is 5.26 Å². The molecule has 0 saturated carbocycles. The van der Waals surface area contributed by atoms with Crippen LogP contribution in [-0.4, -0.2) is 42.1 Å². The highest BCUT2D eigenvalue weighted by Gasteiger charge is 2.33. The average molecular weight is 284 g/mol. The molecule has 2 aliphatic rings. The number of pyridine rings is 1. The van der Waals surface area contributed by atoms with E-state index in [0.29, 0.717) is 0 Å². The maximum absolute atomic E-state index is 9.51. The number of aryl methyl sites for hydroxylation is 2.